The van der Waals surface area contributed by atoms with Gasteiger partial charge in [-0.15, -0.1) is 5.10 Å². The number of hydrogen-bond donors (Lipinski definition) is 0. The molecule has 0 amide bonds. The molecule has 1 aromatic carbocycles. The van der Waals surface area contributed by atoms with Gasteiger partial charge in [0.05, 0.1) is 22.8 Å². The molecule has 0 radical (unpaired) electrons. The van der Waals surface area contributed by atoms with Crippen LogP contribution in [0, 0.1) is 13.8 Å². The zero-order valence-corrected chi connectivity index (χ0v) is 18.4. The average molecular weight is 432 g/mol. The van der Waals surface area contributed by atoms with Crippen LogP contribution >= 0.6 is 0 Å². The lowest BCUT2D eigenvalue weighted by atomic mass is 10.2. The summed E-state index contributed by atoms with van der Waals surface area (Å²) in [6, 6.07) is 10.6. The number of aromatic nitrogens is 7. The van der Waals surface area contributed by atoms with Crippen molar-refractivity contribution in [3.63, 3.8) is 0 Å². The zero-order valence-electron chi connectivity index (χ0n) is 18.4. The monoisotopic (exact) mass is 431 g/mol. The quantitative estimate of drug-likeness (QED) is 0.463. The molecule has 2 aliphatic rings. The van der Waals surface area contributed by atoms with E-state index in [9.17, 15) is 0 Å². The first-order chi connectivity index (χ1) is 15.6. The molecule has 0 spiro atoms. The Morgan fingerprint density at radius 1 is 1.09 bits per heavy atom. The van der Waals surface area contributed by atoms with Crippen molar-refractivity contribution >= 4 is 11.0 Å². The van der Waals surface area contributed by atoms with E-state index in [1.54, 1.807) is 4.68 Å². The molecule has 1 unspecified atom stereocenters. The molecule has 1 aliphatic heterocycles. The normalized spacial score (nSPS) is 22.2. The molecule has 2 fully saturated rings. The summed E-state index contributed by atoms with van der Waals surface area (Å²) in [5, 5.41) is 4.50. The Balaban J connectivity index is 1.34. The second-order valence-corrected chi connectivity index (χ2v) is 8.61. The number of hydrogen-bond acceptors (Lipinski definition) is 7. The van der Waals surface area contributed by atoms with Crippen LogP contribution in [0.3, 0.4) is 0 Å². The van der Waals surface area contributed by atoms with E-state index in [1.165, 1.54) is 0 Å². The number of rotatable bonds is 6. The van der Waals surface area contributed by atoms with Crippen LogP contribution in [0.25, 0.3) is 16.9 Å². The van der Waals surface area contributed by atoms with Gasteiger partial charge in [-0.1, -0.05) is 12.1 Å². The summed E-state index contributed by atoms with van der Waals surface area (Å²) in [5.74, 6) is 3.83. The first-order valence-corrected chi connectivity index (χ1v) is 11.0. The number of para-hydroxylation sites is 2. The van der Waals surface area contributed by atoms with E-state index in [4.69, 9.17) is 19.4 Å². The Bertz CT molecular complexity index is 1310. The van der Waals surface area contributed by atoms with Gasteiger partial charge in [-0.05, 0) is 32.4 Å². The highest BCUT2D eigenvalue weighted by Crippen LogP contribution is 2.54. The molecule has 9 heteroatoms. The van der Waals surface area contributed by atoms with Crippen molar-refractivity contribution in [1.29, 1.82) is 0 Å². The third kappa shape index (κ3) is 3.33. The van der Waals surface area contributed by atoms with Crippen LogP contribution < -0.4 is 4.74 Å². The van der Waals surface area contributed by atoms with Gasteiger partial charge in [0.15, 0.2) is 5.82 Å². The predicted molar refractivity (Wildman–Crippen MR) is 117 cm³/mol. The Morgan fingerprint density at radius 2 is 1.94 bits per heavy atom. The van der Waals surface area contributed by atoms with Crippen molar-refractivity contribution in [3.8, 4) is 11.8 Å². The fourth-order valence-corrected chi connectivity index (χ4v) is 4.42. The van der Waals surface area contributed by atoms with Gasteiger partial charge in [-0.25, -0.2) is 9.97 Å². The minimum atomic E-state index is 0.120. The maximum absolute atomic E-state index is 5.92. The highest BCUT2D eigenvalue weighted by Gasteiger charge is 2.44. The first-order valence-electron chi connectivity index (χ1n) is 11.0. The van der Waals surface area contributed by atoms with E-state index in [2.05, 4.69) is 38.8 Å². The van der Waals surface area contributed by atoms with Gasteiger partial charge in [0, 0.05) is 38.0 Å². The van der Waals surface area contributed by atoms with Crippen molar-refractivity contribution in [2.24, 2.45) is 7.05 Å². The van der Waals surface area contributed by atoms with E-state index in [0.717, 1.165) is 47.8 Å². The van der Waals surface area contributed by atoms with Gasteiger partial charge >= 0.3 is 6.01 Å². The summed E-state index contributed by atoms with van der Waals surface area (Å²) in [6.07, 6.45) is 2.12. The Morgan fingerprint density at radius 3 is 2.66 bits per heavy atom. The second kappa shape index (κ2) is 7.37. The van der Waals surface area contributed by atoms with E-state index >= 15 is 0 Å². The molecule has 6 rings (SSSR count). The van der Waals surface area contributed by atoms with Gasteiger partial charge in [0.25, 0.3) is 0 Å². The predicted octanol–water partition coefficient (Wildman–Crippen LogP) is 3.00. The highest BCUT2D eigenvalue weighted by molar-refractivity contribution is 5.76. The molecule has 4 aromatic rings. The molecule has 0 bridgehead atoms. The zero-order chi connectivity index (χ0) is 21.8. The molecule has 3 aromatic heterocycles. The lowest BCUT2D eigenvalue weighted by molar-refractivity contribution is -0.0734. The largest absolute Gasteiger partial charge is 0.461 e. The number of fused-ring (bicyclic) bond motifs is 1. The van der Waals surface area contributed by atoms with E-state index in [0.29, 0.717) is 30.2 Å². The Kier molecular flexibility index (Phi) is 4.46. The summed E-state index contributed by atoms with van der Waals surface area (Å²) < 4.78 is 15.3. The van der Waals surface area contributed by atoms with Gasteiger partial charge in [0.1, 0.15) is 24.1 Å². The van der Waals surface area contributed by atoms with Crippen molar-refractivity contribution in [3.05, 3.63) is 53.5 Å². The molecule has 0 N–H and O–H groups in total. The topological polar surface area (TPSA) is 92.8 Å². The number of imidazole rings is 1. The first kappa shape index (κ1) is 19.4. The summed E-state index contributed by atoms with van der Waals surface area (Å²) in [4.78, 5) is 18.7. The molecule has 32 heavy (non-hydrogen) atoms. The van der Waals surface area contributed by atoms with E-state index in [1.807, 2.05) is 32.0 Å². The summed E-state index contributed by atoms with van der Waals surface area (Å²) in [6.45, 7) is 5.04. The van der Waals surface area contributed by atoms with E-state index in [-0.39, 0.29) is 12.0 Å². The maximum atomic E-state index is 5.92. The standard InChI is InChI=1S/C23H25N7O2/c1-13-24-14(2)30(28-13)21-11-19(26-23(27-21)32-12-15-8-9-31-15)16-10-17(16)22-25-18-6-4-5-7-20(18)29(22)3/h4-7,11,15-17H,8-10,12H2,1-3H3/t15?,16-,17-/m1/s1. The second-order valence-electron chi connectivity index (χ2n) is 8.61. The Hall–Kier alpha value is -3.33. The molecule has 1 saturated heterocycles. The van der Waals surface area contributed by atoms with Crippen molar-refractivity contribution in [2.75, 3.05) is 13.2 Å². The summed E-state index contributed by atoms with van der Waals surface area (Å²) in [7, 11) is 2.08. The molecule has 9 nitrogen and oxygen atoms in total. The lowest BCUT2D eigenvalue weighted by Crippen LogP contribution is -2.32. The molecule has 164 valence electrons. The van der Waals surface area contributed by atoms with Gasteiger partial charge < -0.3 is 14.0 Å². The maximum Gasteiger partial charge on any atom is 0.318 e. The smallest absolute Gasteiger partial charge is 0.318 e. The van der Waals surface area contributed by atoms with Crippen molar-refractivity contribution in [1.82, 2.24) is 34.3 Å². The molecule has 3 atom stereocenters. The number of aryl methyl sites for hydroxylation is 3. The number of nitrogens with zero attached hydrogens (tertiary/aromatic N) is 7. The van der Waals surface area contributed by atoms with Crippen LogP contribution in [0.1, 0.15) is 47.8 Å². The summed E-state index contributed by atoms with van der Waals surface area (Å²) in [5.41, 5.74) is 3.12. The van der Waals surface area contributed by atoms with Crippen LogP contribution in [0.2, 0.25) is 0 Å². The summed E-state index contributed by atoms with van der Waals surface area (Å²) >= 11 is 0. The average Bonchev–Trinajstić information content (AvgIpc) is 3.38. The number of ether oxygens (including phenoxy) is 2. The molecule has 4 heterocycles. The minimum Gasteiger partial charge on any atom is -0.461 e. The van der Waals surface area contributed by atoms with Crippen LogP contribution in [0.5, 0.6) is 6.01 Å². The van der Waals surface area contributed by atoms with Crippen molar-refractivity contribution in [2.45, 2.75) is 44.6 Å². The van der Waals surface area contributed by atoms with Crippen LogP contribution in [-0.4, -0.2) is 53.6 Å². The van der Waals surface area contributed by atoms with E-state index < -0.39 is 0 Å². The third-order valence-electron chi connectivity index (χ3n) is 6.32. The molecular weight excluding hydrogens is 406 g/mol. The Labute approximate surface area is 185 Å². The van der Waals surface area contributed by atoms with Crippen LogP contribution in [0.15, 0.2) is 30.3 Å². The lowest BCUT2D eigenvalue weighted by Gasteiger charge is -2.25. The SMILES string of the molecule is Cc1nc(C)n(-c2cc([C@@H]3C[C@H]3c3nc4ccccc4n3C)nc(OCC3CCO3)n2)n1. The molecule has 1 saturated carbocycles. The van der Waals surface area contributed by atoms with Gasteiger partial charge in [-0.2, -0.15) is 14.6 Å². The van der Waals surface area contributed by atoms with Crippen LogP contribution in [0.4, 0.5) is 0 Å². The van der Waals surface area contributed by atoms with Crippen LogP contribution in [-0.2, 0) is 11.8 Å². The highest BCUT2D eigenvalue weighted by atomic mass is 16.6. The molecular formula is C23H25N7O2. The fraction of sp³-hybridized carbons (Fsp3) is 0.435. The molecule has 1 aliphatic carbocycles. The van der Waals surface area contributed by atoms with Crippen molar-refractivity contribution < 1.29 is 9.47 Å². The number of benzene rings is 1. The minimum absolute atomic E-state index is 0.120. The fourth-order valence-electron chi connectivity index (χ4n) is 4.42. The van der Waals surface area contributed by atoms with Gasteiger partial charge in [0.2, 0.25) is 0 Å². The van der Waals surface area contributed by atoms with Gasteiger partial charge in [-0.3, -0.25) is 0 Å². The third-order valence-corrected chi connectivity index (χ3v) is 6.32.